The molecule has 1 fully saturated rings. The van der Waals surface area contributed by atoms with E-state index in [0.717, 1.165) is 32.1 Å². The quantitative estimate of drug-likeness (QED) is 0.210. The average molecular weight is 417 g/mol. The molecule has 0 heterocycles. The van der Waals surface area contributed by atoms with Crippen molar-refractivity contribution in [1.82, 2.24) is 0 Å². The molecule has 1 saturated carbocycles. The predicted octanol–water partition coefficient (Wildman–Crippen LogP) is 7.25. The first kappa shape index (κ1) is 24.4. The van der Waals surface area contributed by atoms with E-state index in [2.05, 4.69) is 6.92 Å². The van der Waals surface area contributed by atoms with Crippen LogP contribution in [0, 0.1) is 0 Å². The van der Waals surface area contributed by atoms with E-state index in [1.807, 2.05) is 0 Å². The lowest BCUT2D eigenvalue weighted by Gasteiger charge is -2.25. The number of hydrogen-bond acceptors (Lipinski definition) is 4. The predicted molar refractivity (Wildman–Crippen MR) is 121 cm³/mol. The first-order valence-electron chi connectivity index (χ1n) is 12.2. The fourth-order valence-corrected chi connectivity index (χ4v) is 3.73. The number of rotatable bonds is 16. The SMILES string of the molecule is CCCCCCCCCCCCCCOC(=O)c1ccccc1C(=O)OC1CCC1. The van der Waals surface area contributed by atoms with Crippen molar-refractivity contribution >= 4 is 11.9 Å². The van der Waals surface area contributed by atoms with Gasteiger partial charge in [-0.05, 0) is 37.8 Å². The van der Waals surface area contributed by atoms with Crippen LogP contribution in [-0.2, 0) is 9.47 Å². The van der Waals surface area contributed by atoms with Gasteiger partial charge in [0.15, 0.2) is 0 Å². The van der Waals surface area contributed by atoms with E-state index in [4.69, 9.17) is 9.47 Å². The van der Waals surface area contributed by atoms with Crippen molar-refractivity contribution in [3.8, 4) is 0 Å². The topological polar surface area (TPSA) is 52.6 Å². The Balaban J connectivity index is 1.53. The normalized spacial score (nSPS) is 13.6. The number of benzene rings is 1. The third-order valence-corrected chi connectivity index (χ3v) is 5.92. The Morgan fingerprint density at radius 2 is 1.27 bits per heavy atom. The molecule has 1 aromatic rings. The maximum Gasteiger partial charge on any atom is 0.339 e. The Labute approximate surface area is 182 Å². The molecule has 1 aliphatic carbocycles. The van der Waals surface area contributed by atoms with Crippen LogP contribution in [0.4, 0.5) is 0 Å². The van der Waals surface area contributed by atoms with Gasteiger partial charge in [0.25, 0.3) is 0 Å². The molecular formula is C26H40O4. The van der Waals surface area contributed by atoms with Crippen LogP contribution in [0.25, 0.3) is 0 Å². The number of ether oxygens (including phenoxy) is 2. The van der Waals surface area contributed by atoms with Gasteiger partial charge in [-0.1, -0.05) is 89.7 Å². The van der Waals surface area contributed by atoms with Crippen molar-refractivity contribution in [2.24, 2.45) is 0 Å². The van der Waals surface area contributed by atoms with E-state index < -0.39 is 11.9 Å². The number of hydrogen-bond donors (Lipinski definition) is 0. The molecule has 30 heavy (non-hydrogen) atoms. The van der Waals surface area contributed by atoms with Crippen LogP contribution in [0.5, 0.6) is 0 Å². The molecule has 0 saturated heterocycles. The van der Waals surface area contributed by atoms with Crippen molar-refractivity contribution in [3.63, 3.8) is 0 Å². The summed E-state index contributed by atoms with van der Waals surface area (Å²) in [5.74, 6) is -0.850. The van der Waals surface area contributed by atoms with Crippen LogP contribution >= 0.6 is 0 Å². The van der Waals surface area contributed by atoms with Crippen molar-refractivity contribution in [1.29, 1.82) is 0 Å². The van der Waals surface area contributed by atoms with Crippen LogP contribution in [0.2, 0.25) is 0 Å². The van der Waals surface area contributed by atoms with Crippen LogP contribution in [0.1, 0.15) is 124 Å². The minimum Gasteiger partial charge on any atom is -0.462 e. The van der Waals surface area contributed by atoms with E-state index >= 15 is 0 Å². The van der Waals surface area contributed by atoms with E-state index in [-0.39, 0.29) is 6.10 Å². The second-order valence-electron chi connectivity index (χ2n) is 8.53. The van der Waals surface area contributed by atoms with Gasteiger partial charge in [-0.3, -0.25) is 0 Å². The summed E-state index contributed by atoms with van der Waals surface area (Å²) in [4.78, 5) is 24.7. The molecule has 0 N–H and O–H groups in total. The molecule has 1 aromatic carbocycles. The molecule has 0 aliphatic heterocycles. The molecule has 168 valence electrons. The Morgan fingerprint density at radius 1 is 0.767 bits per heavy atom. The molecule has 4 nitrogen and oxygen atoms in total. The minimum atomic E-state index is -0.431. The second kappa shape index (κ2) is 15.0. The first-order chi connectivity index (χ1) is 14.7. The van der Waals surface area contributed by atoms with E-state index in [0.29, 0.717) is 17.7 Å². The van der Waals surface area contributed by atoms with Gasteiger partial charge in [0, 0.05) is 0 Å². The van der Waals surface area contributed by atoms with E-state index in [1.165, 1.54) is 64.2 Å². The summed E-state index contributed by atoms with van der Waals surface area (Å²) in [6.07, 6.45) is 18.2. The van der Waals surface area contributed by atoms with Gasteiger partial charge in [0.2, 0.25) is 0 Å². The molecule has 0 radical (unpaired) electrons. The largest absolute Gasteiger partial charge is 0.462 e. The maximum absolute atomic E-state index is 12.4. The molecule has 2 rings (SSSR count). The van der Waals surface area contributed by atoms with Crippen molar-refractivity contribution in [2.45, 2.75) is 109 Å². The summed E-state index contributed by atoms with van der Waals surface area (Å²) in [7, 11) is 0. The van der Waals surface area contributed by atoms with Gasteiger partial charge >= 0.3 is 11.9 Å². The Kier molecular flexibility index (Phi) is 12.2. The van der Waals surface area contributed by atoms with Crippen LogP contribution in [-0.4, -0.2) is 24.6 Å². The average Bonchev–Trinajstić information content (AvgIpc) is 2.73. The minimum absolute atomic E-state index is 0.00244. The maximum atomic E-state index is 12.4. The van der Waals surface area contributed by atoms with Crippen molar-refractivity contribution < 1.29 is 19.1 Å². The van der Waals surface area contributed by atoms with Gasteiger partial charge in [0.05, 0.1) is 17.7 Å². The number of carbonyl (C=O) groups is 2. The molecule has 0 aromatic heterocycles. The summed E-state index contributed by atoms with van der Waals surface area (Å²) in [5.41, 5.74) is 0.616. The molecule has 0 amide bonds. The first-order valence-corrected chi connectivity index (χ1v) is 12.2. The zero-order chi connectivity index (χ0) is 21.4. The summed E-state index contributed by atoms with van der Waals surface area (Å²) >= 11 is 0. The zero-order valence-corrected chi connectivity index (χ0v) is 18.8. The smallest absolute Gasteiger partial charge is 0.339 e. The Bertz CT molecular complexity index is 621. The van der Waals surface area contributed by atoms with Crippen LogP contribution in [0.3, 0.4) is 0 Å². The van der Waals surface area contributed by atoms with E-state index in [1.54, 1.807) is 24.3 Å². The lowest BCUT2D eigenvalue weighted by atomic mass is 9.96. The van der Waals surface area contributed by atoms with Crippen molar-refractivity contribution in [3.05, 3.63) is 35.4 Å². The number of carbonyl (C=O) groups excluding carboxylic acids is 2. The summed E-state index contributed by atoms with van der Waals surface area (Å²) < 4.78 is 10.8. The van der Waals surface area contributed by atoms with Gasteiger partial charge in [0.1, 0.15) is 6.10 Å². The fourth-order valence-electron chi connectivity index (χ4n) is 3.73. The molecular weight excluding hydrogens is 376 g/mol. The Morgan fingerprint density at radius 3 is 1.77 bits per heavy atom. The molecule has 4 heteroatoms. The van der Waals surface area contributed by atoms with E-state index in [9.17, 15) is 9.59 Å². The molecule has 0 atom stereocenters. The highest BCUT2D eigenvalue weighted by atomic mass is 16.5. The molecule has 0 unspecified atom stereocenters. The van der Waals surface area contributed by atoms with Gasteiger partial charge in [-0.15, -0.1) is 0 Å². The highest BCUT2D eigenvalue weighted by Gasteiger charge is 2.25. The van der Waals surface area contributed by atoms with Gasteiger partial charge in [-0.2, -0.15) is 0 Å². The third-order valence-electron chi connectivity index (χ3n) is 5.92. The second-order valence-corrected chi connectivity index (χ2v) is 8.53. The van der Waals surface area contributed by atoms with Gasteiger partial charge < -0.3 is 9.47 Å². The van der Waals surface area contributed by atoms with Crippen molar-refractivity contribution in [2.75, 3.05) is 6.61 Å². The van der Waals surface area contributed by atoms with Gasteiger partial charge in [-0.25, -0.2) is 9.59 Å². The summed E-state index contributed by atoms with van der Waals surface area (Å²) in [5, 5.41) is 0. The lowest BCUT2D eigenvalue weighted by molar-refractivity contribution is 0.00849. The monoisotopic (exact) mass is 416 g/mol. The standard InChI is InChI=1S/C26H40O4/c1-2-3-4-5-6-7-8-9-10-11-12-15-21-29-25(27)23-19-13-14-20-24(23)26(28)30-22-17-16-18-22/h13-14,19-20,22H,2-12,15-18,21H2,1H3. The summed E-state index contributed by atoms with van der Waals surface area (Å²) in [6.45, 7) is 2.66. The fraction of sp³-hybridized carbons (Fsp3) is 0.692. The number of unbranched alkanes of at least 4 members (excludes halogenated alkanes) is 11. The summed E-state index contributed by atoms with van der Waals surface area (Å²) in [6, 6.07) is 6.78. The highest BCUT2D eigenvalue weighted by molar-refractivity contribution is 6.03. The lowest BCUT2D eigenvalue weighted by Crippen LogP contribution is -2.26. The molecule has 0 spiro atoms. The number of esters is 2. The zero-order valence-electron chi connectivity index (χ0n) is 18.8. The highest BCUT2D eigenvalue weighted by Crippen LogP contribution is 2.24. The Hall–Kier alpha value is -1.84. The van der Waals surface area contributed by atoms with Crippen LogP contribution < -0.4 is 0 Å². The molecule has 0 bridgehead atoms. The molecule has 1 aliphatic rings. The van der Waals surface area contributed by atoms with Crippen LogP contribution in [0.15, 0.2) is 24.3 Å². The third kappa shape index (κ3) is 9.32.